The van der Waals surface area contributed by atoms with E-state index in [0.29, 0.717) is 10.8 Å². The van der Waals surface area contributed by atoms with E-state index in [0.717, 1.165) is 60.2 Å². The first-order valence-electron chi connectivity index (χ1n) is 11.9. The summed E-state index contributed by atoms with van der Waals surface area (Å²) in [5, 5.41) is 3.52. The van der Waals surface area contributed by atoms with Crippen LogP contribution in [0.3, 0.4) is 0 Å². The lowest BCUT2D eigenvalue weighted by Crippen LogP contribution is -2.36. The van der Waals surface area contributed by atoms with Gasteiger partial charge in [-0.2, -0.15) is 0 Å². The van der Waals surface area contributed by atoms with Crippen molar-refractivity contribution in [1.29, 1.82) is 0 Å². The number of hydrogen-bond acceptors (Lipinski definition) is 4. The van der Waals surface area contributed by atoms with Crippen molar-refractivity contribution in [2.24, 2.45) is 0 Å². The van der Waals surface area contributed by atoms with E-state index in [1.807, 2.05) is 31.2 Å². The van der Waals surface area contributed by atoms with Gasteiger partial charge in [-0.3, -0.25) is 9.69 Å². The zero-order valence-electron chi connectivity index (χ0n) is 20.6. The van der Waals surface area contributed by atoms with Crippen LogP contribution in [0.2, 0.25) is 0 Å². The monoisotopic (exact) mass is 486 g/mol. The first-order chi connectivity index (χ1) is 16.8. The predicted molar refractivity (Wildman–Crippen MR) is 145 cm³/mol. The highest BCUT2D eigenvalue weighted by Gasteiger charge is 2.32. The fourth-order valence-corrected chi connectivity index (χ4v) is 5.05. The molecule has 2 aromatic carbocycles. The van der Waals surface area contributed by atoms with E-state index in [2.05, 4.69) is 65.9 Å². The standard InChI is InChI=1S/C28H30N4O2S/c1-18-5-6-25(15-19(18)2)32-27(33)26(29-28(32)35)17-22-16-20(3)31(21(22)4)24-9-7-23(8-10-24)30-11-13-34-14-12-30/h5-10,15-17H,11-14H2,1-4H3,(H,29,35). The van der Waals surface area contributed by atoms with Gasteiger partial charge in [-0.15, -0.1) is 0 Å². The van der Waals surface area contributed by atoms with Crippen LogP contribution in [-0.2, 0) is 9.53 Å². The lowest BCUT2D eigenvalue weighted by atomic mass is 10.1. The number of nitrogens with one attached hydrogen (secondary N) is 1. The molecule has 35 heavy (non-hydrogen) atoms. The van der Waals surface area contributed by atoms with Crippen molar-refractivity contribution in [3.05, 3.63) is 82.3 Å². The second-order valence-electron chi connectivity index (χ2n) is 9.17. The lowest BCUT2D eigenvalue weighted by molar-refractivity contribution is -0.113. The summed E-state index contributed by atoms with van der Waals surface area (Å²) in [7, 11) is 0. The first kappa shape index (κ1) is 23.3. The SMILES string of the molecule is Cc1ccc(N2C(=O)C(=Cc3cc(C)n(-c4ccc(N5CCOCC5)cc4)c3C)NC2=S)cc1C. The van der Waals surface area contributed by atoms with Gasteiger partial charge < -0.3 is 19.5 Å². The van der Waals surface area contributed by atoms with Gasteiger partial charge in [-0.1, -0.05) is 6.07 Å². The van der Waals surface area contributed by atoms with Crippen LogP contribution in [0.15, 0.2) is 54.2 Å². The number of anilines is 2. The van der Waals surface area contributed by atoms with E-state index in [1.165, 1.54) is 11.3 Å². The van der Waals surface area contributed by atoms with Gasteiger partial charge >= 0.3 is 0 Å². The first-order valence-corrected chi connectivity index (χ1v) is 12.3. The van der Waals surface area contributed by atoms with Crippen LogP contribution in [0.25, 0.3) is 11.8 Å². The molecule has 5 rings (SSSR count). The second-order valence-corrected chi connectivity index (χ2v) is 9.56. The van der Waals surface area contributed by atoms with E-state index in [9.17, 15) is 4.79 Å². The van der Waals surface area contributed by atoms with Crippen LogP contribution in [-0.4, -0.2) is 41.9 Å². The van der Waals surface area contributed by atoms with E-state index in [1.54, 1.807) is 4.90 Å². The van der Waals surface area contributed by atoms with Crippen molar-refractivity contribution >= 4 is 40.7 Å². The molecule has 3 aromatic rings. The number of hydrogen-bond donors (Lipinski definition) is 1. The Labute approximate surface area is 211 Å². The Balaban J connectivity index is 1.42. The van der Waals surface area contributed by atoms with Crippen molar-refractivity contribution < 1.29 is 9.53 Å². The minimum Gasteiger partial charge on any atom is -0.378 e. The number of aryl methyl sites for hydroxylation is 3. The van der Waals surface area contributed by atoms with Gasteiger partial charge in [0.05, 0.1) is 18.9 Å². The summed E-state index contributed by atoms with van der Waals surface area (Å²) in [6.45, 7) is 11.6. The molecule has 1 aromatic heterocycles. The number of rotatable bonds is 4. The average molecular weight is 487 g/mol. The largest absolute Gasteiger partial charge is 0.378 e. The molecule has 2 fully saturated rings. The third-order valence-electron chi connectivity index (χ3n) is 6.88. The fourth-order valence-electron chi connectivity index (χ4n) is 4.75. The molecule has 3 heterocycles. The summed E-state index contributed by atoms with van der Waals surface area (Å²) in [6, 6.07) is 16.7. The second kappa shape index (κ2) is 9.32. The van der Waals surface area contributed by atoms with Gasteiger partial charge in [0.1, 0.15) is 5.70 Å². The van der Waals surface area contributed by atoms with Crippen LogP contribution in [0.5, 0.6) is 0 Å². The number of benzene rings is 2. The Bertz CT molecular complexity index is 1330. The normalized spacial score (nSPS) is 17.4. The molecule has 180 valence electrons. The van der Waals surface area contributed by atoms with E-state index >= 15 is 0 Å². The molecule has 1 amide bonds. The topological polar surface area (TPSA) is 49.7 Å². The van der Waals surface area contributed by atoms with Gasteiger partial charge in [0.2, 0.25) is 0 Å². The maximum Gasteiger partial charge on any atom is 0.281 e. The van der Waals surface area contributed by atoms with Crippen molar-refractivity contribution in [2.45, 2.75) is 27.7 Å². The molecular weight excluding hydrogens is 456 g/mol. The number of aromatic nitrogens is 1. The van der Waals surface area contributed by atoms with Gasteiger partial charge in [0, 0.05) is 35.9 Å². The molecule has 2 aliphatic rings. The van der Waals surface area contributed by atoms with E-state index in [-0.39, 0.29) is 5.91 Å². The van der Waals surface area contributed by atoms with Crippen molar-refractivity contribution in [3.8, 4) is 5.69 Å². The predicted octanol–water partition coefficient (Wildman–Crippen LogP) is 4.81. The summed E-state index contributed by atoms with van der Waals surface area (Å²) in [5.74, 6) is -0.141. The quantitative estimate of drug-likeness (QED) is 0.424. The Morgan fingerprint density at radius 3 is 2.23 bits per heavy atom. The van der Waals surface area contributed by atoms with Crippen molar-refractivity contribution in [2.75, 3.05) is 36.1 Å². The molecule has 0 radical (unpaired) electrons. The Morgan fingerprint density at radius 2 is 1.54 bits per heavy atom. The number of ether oxygens (including phenoxy) is 1. The Hall–Kier alpha value is -3.42. The Kier molecular flexibility index (Phi) is 6.21. The van der Waals surface area contributed by atoms with Crippen molar-refractivity contribution in [1.82, 2.24) is 9.88 Å². The van der Waals surface area contributed by atoms with E-state index in [4.69, 9.17) is 17.0 Å². The van der Waals surface area contributed by atoms with Crippen LogP contribution >= 0.6 is 12.2 Å². The van der Waals surface area contributed by atoms with Gasteiger partial charge in [-0.25, -0.2) is 0 Å². The molecule has 2 saturated heterocycles. The van der Waals surface area contributed by atoms with Crippen molar-refractivity contribution in [3.63, 3.8) is 0 Å². The van der Waals surface area contributed by atoms with E-state index < -0.39 is 0 Å². The molecule has 0 aliphatic carbocycles. The number of carbonyl (C=O) groups is 1. The number of nitrogens with zero attached hydrogens (tertiary/aromatic N) is 3. The van der Waals surface area contributed by atoms with Gasteiger partial charge in [0.15, 0.2) is 5.11 Å². The molecule has 0 bridgehead atoms. The highest BCUT2D eigenvalue weighted by atomic mass is 32.1. The molecule has 6 nitrogen and oxygen atoms in total. The number of carbonyl (C=O) groups excluding carboxylic acids is 1. The number of morpholine rings is 1. The summed E-state index contributed by atoms with van der Waals surface area (Å²) in [6.07, 6.45) is 1.90. The molecule has 0 unspecified atom stereocenters. The third kappa shape index (κ3) is 4.37. The molecule has 2 aliphatic heterocycles. The molecule has 0 spiro atoms. The minimum atomic E-state index is -0.141. The molecule has 0 atom stereocenters. The highest BCUT2D eigenvalue weighted by molar-refractivity contribution is 7.80. The third-order valence-corrected chi connectivity index (χ3v) is 7.17. The smallest absolute Gasteiger partial charge is 0.281 e. The maximum atomic E-state index is 13.3. The molecular formula is C28H30N4O2S. The highest BCUT2D eigenvalue weighted by Crippen LogP contribution is 2.28. The molecule has 1 N–H and O–H groups in total. The summed E-state index contributed by atoms with van der Waals surface area (Å²) >= 11 is 5.51. The minimum absolute atomic E-state index is 0.141. The number of thiocarbonyl (C=S) groups is 1. The maximum absolute atomic E-state index is 13.3. The van der Waals surface area contributed by atoms with Crippen LogP contribution in [0, 0.1) is 27.7 Å². The number of amides is 1. The van der Waals surface area contributed by atoms with Gasteiger partial charge in [0.25, 0.3) is 5.91 Å². The zero-order valence-corrected chi connectivity index (χ0v) is 21.4. The van der Waals surface area contributed by atoms with Gasteiger partial charge in [-0.05, 0) is 105 Å². The fraction of sp³-hybridized carbons (Fsp3) is 0.286. The van der Waals surface area contributed by atoms with Crippen LogP contribution < -0.4 is 15.1 Å². The molecule has 0 saturated carbocycles. The van der Waals surface area contributed by atoms with Crippen LogP contribution in [0.1, 0.15) is 28.1 Å². The molecule has 7 heteroatoms. The summed E-state index contributed by atoms with van der Waals surface area (Å²) < 4.78 is 7.68. The lowest BCUT2D eigenvalue weighted by Gasteiger charge is -2.29. The van der Waals surface area contributed by atoms with Crippen LogP contribution in [0.4, 0.5) is 11.4 Å². The zero-order chi connectivity index (χ0) is 24.7. The Morgan fingerprint density at radius 1 is 0.886 bits per heavy atom. The summed E-state index contributed by atoms with van der Waals surface area (Å²) in [5.41, 5.74) is 9.04. The summed E-state index contributed by atoms with van der Waals surface area (Å²) in [4.78, 5) is 17.2. The average Bonchev–Trinajstić information content (AvgIpc) is 3.30.